The lowest BCUT2D eigenvalue weighted by Crippen LogP contribution is -2.24. The summed E-state index contributed by atoms with van der Waals surface area (Å²) >= 11 is 5.76. The Bertz CT molecular complexity index is 834. The Hall–Kier alpha value is -2.45. The summed E-state index contributed by atoms with van der Waals surface area (Å²) in [6.45, 7) is 2.88. The van der Waals surface area contributed by atoms with E-state index < -0.39 is 0 Å². The fourth-order valence-electron chi connectivity index (χ4n) is 2.08. The molecule has 6 heteroatoms. The molecule has 0 aliphatic carbocycles. The molecular weight excluding hydrogens is 326 g/mol. The number of benzene rings is 1. The van der Waals surface area contributed by atoms with Gasteiger partial charge in [0, 0.05) is 20.0 Å². The fraction of sp³-hybridized carbons (Fsp3) is 0.333. The summed E-state index contributed by atoms with van der Waals surface area (Å²) in [6.07, 6.45) is 3.99. The van der Waals surface area contributed by atoms with Gasteiger partial charge in [-0.3, -0.25) is 9.36 Å². The summed E-state index contributed by atoms with van der Waals surface area (Å²) in [5.74, 6) is 6.34. The van der Waals surface area contributed by atoms with Gasteiger partial charge >= 0.3 is 0 Å². The van der Waals surface area contributed by atoms with Crippen LogP contribution in [-0.2, 0) is 13.5 Å². The highest BCUT2D eigenvalue weighted by atomic mass is 35.5. The maximum Gasteiger partial charge on any atom is 0.270 e. The number of aromatic nitrogens is 2. The predicted octanol–water partition coefficient (Wildman–Crippen LogP) is 2.95. The number of unbranched alkanes of at least 4 members (excludes halogenated alkanes) is 1. The Morgan fingerprint density at radius 2 is 2.21 bits per heavy atom. The second-order valence-corrected chi connectivity index (χ2v) is 5.81. The molecule has 0 spiro atoms. The molecule has 2 N–H and O–H groups in total. The van der Waals surface area contributed by atoms with Crippen molar-refractivity contribution in [3.05, 3.63) is 50.9 Å². The number of hydrogen-bond donors (Lipinski definition) is 2. The van der Waals surface area contributed by atoms with Crippen molar-refractivity contribution in [3.8, 4) is 17.6 Å². The van der Waals surface area contributed by atoms with Crippen LogP contribution in [0, 0.1) is 11.8 Å². The van der Waals surface area contributed by atoms with Gasteiger partial charge in [-0.05, 0) is 24.1 Å². The molecule has 0 fully saturated rings. The van der Waals surface area contributed by atoms with Gasteiger partial charge in [0.25, 0.3) is 5.56 Å². The second-order valence-electron chi connectivity index (χ2n) is 5.40. The maximum absolute atomic E-state index is 12.3. The van der Waals surface area contributed by atoms with E-state index in [2.05, 4.69) is 29.1 Å². The highest BCUT2D eigenvalue weighted by molar-refractivity contribution is 6.32. The van der Waals surface area contributed by atoms with E-state index in [0.717, 1.165) is 24.9 Å². The van der Waals surface area contributed by atoms with Crippen LogP contribution < -0.4 is 10.9 Å². The lowest BCUT2D eigenvalue weighted by Gasteiger charge is -2.09. The molecule has 0 radical (unpaired) electrons. The number of hydrogen-bond acceptors (Lipinski definition) is 4. The molecule has 0 aliphatic rings. The van der Waals surface area contributed by atoms with Crippen LogP contribution in [0.1, 0.15) is 30.9 Å². The van der Waals surface area contributed by atoms with Crippen LogP contribution in [0.25, 0.3) is 0 Å². The van der Waals surface area contributed by atoms with E-state index in [1.54, 1.807) is 25.2 Å². The van der Waals surface area contributed by atoms with E-state index in [1.807, 2.05) is 0 Å². The number of halogens is 1. The molecule has 0 saturated heterocycles. The smallest absolute Gasteiger partial charge is 0.270 e. The summed E-state index contributed by atoms with van der Waals surface area (Å²) in [7, 11) is 1.67. The van der Waals surface area contributed by atoms with Crippen molar-refractivity contribution in [2.45, 2.75) is 26.2 Å². The van der Waals surface area contributed by atoms with E-state index in [0.29, 0.717) is 23.0 Å². The van der Waals surface area contributed by atoms with Gasteiger partial charge < -0.3 is 10.4 Å². The SMILES string of the molecule is CCCCNc1ncc(C#CCc2ccc(Cl)c(O)c2)c(=O)n1C. The number of nitrogens with zero attached hydrogens (tertiary/aromatic N) is 2. The van der Waals surface area contributed by atoms with Crippen molar-refractivity contribution in [2.75, 3.05) is 11.9 Å². The Kier molecular flexibility index (Phi) is 6.28. The third-order valence-corrected chi connectivity index (χ3v) is 3.83. The molecule has 0 atom stereocenters. The van der Waals surface area contributed by atoms with Crippen molar-refractivity contribution in [1.82, 2.24) is 9.55 Å². The Morgan fingerprint density at radius 3 is 2.92 bits per heavy atom. The number of phenols is 1. The van der Waals surface area contributed by atoms with Gasteiger partial charge in [-0.25, -0.2) is 4.98 Å². The van der Waals surface area contributed by atoms with E-state index in [9.17, 15) is 9.90 Å². The summed E-state index contributed by atoms with van der Waals surface area (Å²) in [6, 6.07) is 4.97. The zero-order chi connectivity index (χ0) is 17.5. The summed E-state index contributed by atoms with van der Waals surface area (Å²) in [5.41, 5.74) is 0.985. The Morgan fingerprint density at radius 1 is 1.42 bits per heavy atom. The molecule has 0 amide bonds. The van der Waals surface area contributed by atoms with Crippen LogP contribution in [0.4, 0.5) is 5.95 Å². The predicted molar refractivity (Wildman–Crippen MR) is 96.6 cm³/mol. The molecule has 2 aromatic rings. The summed E-state index contributed by atoms with van der Waals surface area (Å²) in [5, 5.41) is 13.0. The lowest BCUT2D eigenvalue weighted by atomic mass is 10.1. The molecular formula is C18H20ClN3O2. The molecule has 0 bridgehead atoms. The minimum Gasteiger partial charge on any atom is -0.506 e. The zero-order valence-electron chi connectivity index (χ0n) is 13.8. The van der Waals surface area contributed by atoms with Crippen LogP contribution in [0.3, 0.4) is 0 Å². The number of phenolic OH excluding ortho intramolecular Hbond substituents is 1. The van der Waals surface area contributed by atoms with Crippen LogP contribution in [-0.4, -0.2) is 21.2 Å². The molecule has 1 aromatic heterocycles. The van der Waals surface area contributed by atoms with Gasteiger partial charge in [-0.2, -0.15) is 0 Å². The molecule has 2 rings (SSSR count). The van der Waals surface area contributed by atoms with Crippen LogP contribution >= 0.6 is 11.6 Å². The molecule has 1 aromatic carbocycles. The molecule has 0 saturated carbocycles. The number of rotatable bonds is 5. The molecule has 0 aliphatic heterocycles. The van der Waals surface area contributed by atoms with E-state index in [1.165, 1.54) is 10.8 Å². The molecule has 0 unspecified atom stereocenters. The van der Waals surface area contributed by atoms with Crippen molar-refractivity contribution in [1.29, 1.82) is 0 Å². The van der Waals surface area contributed by atoms with Crippen molar-refractivity contribution in [3.63, 3.8) is 0 Å². The number of aromatic hydroxyl groups is 1. The summed E-state index contributed by atoms with van der Waals surface area (Å²) < 4.78 is 1.47. The molecule has 5 nitrogen and oxygen atoms in total. The minimum absolute atomic E-state index is 0.0241. The third-order valence-electron chi connectivity index (χ3n) is 3.51. The monoisotopic (exact) mass is 345 g/mol. The van der Waals surface area contributed by atoms with Gasteiger partial charge in [-0.15, -0.1) is 0 Å². The normalized spacial score (nSPS) is 10.1. The van der Waals surface area contributed by atoms with Crippen molar-refractivity contribution in [2.24, 2.45) is 7.05 Å². The quantitative estimate of drug-likeness (QED) is 0.646. The minimum atomic E-state index is -0.185. The zero-order valence-corrected chi connectivity index (χ0v) is 14.5. The average molecular weight is 346 g/mol. The summed E-state index contributed by atoms with van der Waals surface area (Å²) in [4.78, 5) is 16.5. The van der Waals surface area contributed by atoms with Gasteiger partial charge in [0.1, 0.15) is 11.3 Å². The van der Waals surface area contributed by atoms with E-state index in [4.69, 9.17) is 11.6 Å². The number of anilines is 1. The first kappa shape index (κ1) is 17.9. The maximum atomic E-state index is 12.3. The highest BCUT2D eigenvalue weighted by Crippen LogP contribution is 2.23. The van der Waals surface area contributed by atoms with Crippen molar-refractivity contribution >= 4 is 17.5 Å². The van der Waals surface area contributed by atoms with E-state index >= 15 is 0 Å². The van der Waals surface area contributed by atoms with Gasteiger partial charge in [-0.1, -0.05) is 42.9 Å². The average Bonchev–Trinajstić information content (AvgIpc) is 2.57. The highest BCUT2D eigenvalue weighted by Gasteiger charge is 2.05. The molecule has 24 heavy (non-hydrogen) atoms. The lowest BCUT2D eigenvalue weighted by molar-refractivity contribution is 0.475. The van der Waals surface area contributed by atoms with Crippen LogP contribution in [0.15, 0.2) is 29.2 Å². The van der Waals surface area contributed by atoms with Gasteiger partial charge in [0.15, 0.2) is 0 Å². The number of nitrogens with one attached hydrogen (secondary N) is 1. The first-order valence-electron chi connectivity index (χ1n) is 7.79. The van der Waals surface area contributed by atoms with Gasteiger partial charge in [0.2, 0.25) is 5.95 Å². The van der Waals surface area contributed by atoms with Crippen LogP contribution in [0.5, 0.6) is 5.75 Å². The van der Waals surface area contributed by atoms with Crippen LogP contribution in [0.2, 0.25) is 5.02 Å². The Labute approximate surface area is 146 Å². The largest absolute Gasteiger partial charge is 0.506 e. The van der Waals surface area contributed by atoms with Gasteiger partial charge in [0.05, 0.1) is 11.2 Å². The fourth-order valence-corrected chi connectivity index (χ4v) is 2.20. The third kappa shape index (κ3) is 4.53. The standard InChI is InChI=1S/C18H20ClN3O2/c1-3-4-10-20-18-21-12-14(17(24)22(18)2)7-5-6-13-8-9-15(19)16(23)11-13/h8-9,11-12,23H,3-4,6,10H2,1-2H3,(H,20,21). The van der Waals surface area contributed by atoms with Crippen molar-refractivity contribution < 1.29 is 5.11 Å². The second kappa shape index (κ2) is 8.42. The topological polar surface area (TPSA) is 67.2 Å². The first-order chi connectivity index (χ1) is 11.5. The first-order valence-corrected chi connectivity index (χ1v) is 8.17. The molecule has 1 heterocycles. The Balaban J connectivity index is 2.12. The molecule has 126 valence electrons. The van der Waals surface area contributed by atoms with E-state index in [-0.39, 0.29) is 11.3 Å².